The average Bonchev–Trinajstić information content (AvgIpc) is 1.85. The summed E-state index contributed by atoms with van der Waals surface area (Å²) in [7, 11) is -1.91. The van der Waals surface area contributed by atoms with Gasteiger partial charge in [0.05, 0.1) is 0 Å². The fourth-order valence-electron chi connectivity index (χ4n) is 0.777. The summed E-state index contributed by atoms with van der Waals surface area (Å²) >= 11 is 0. The molecule has 0 aromatic carbocycles. The zero-order valence-electron chi connectivity index (χ0n) is 8.93. The number of hydrogen-bond donors (Lipinski definition) is 0. The summed E-state index contributed by atoms with van der Waals surface area (Å²) in [4.78, 5) is 0. The van der Waals surface area contributed by atoms with E-state index in [1.165, 1.54) is 0 Å². The Morgan fingerprint density at radius 2 is 1.69 bits per heavy atom. The van der Waals surface area contributed by atoms with Crippen LogP contribution in [-0.4, -0.2) is 37.4 Å². The molecule has 71 valence electrons. The van der Waals surface area contributed by atoms with E-state index < -0.39 is 17.8 Å². The molecule has 0 bridgehead atoms. The van der Waals surface area contributed by atoms with E-state index in [4.69, 9.17) is 12.3 Å². The van der Waals surface area contributed by atoms with E-state index in [9.17, 15) is 0 Å². The van der Waals surface area contributed by atoms with Gasteiger partial charge in [-0.3, -0.25) is 0 Å². The van der Waals surface area contributed by atoms with E-state index in [1.807, 2.05) is 19.6 Å². The molecule has 8 heteroatoms. The SMILES string of the molecule is C[Si]O[Si](C)O[Si](C)(C)O[Si]C.[Rf]. The van der Waals surface area contributed by atoms with Crippen molar-refractivity contribution in [2.45, 2.75) is 32.7 Å². The van der Waals surface area contributed by atoms with Crippen LogP contribution >= 0.6 is 0 Å². The Bertz CT molecular complexity index is 126. The number of hydrogen-bond acceptors (Lipinski definition) is 3. The summed E-state index contributed by atoms with van der Waals surface area (Å²) in [5, 5.41) is 0. The summed E-state index contributed by atoms with van der Waals surface area (Å²) in [6, 6.07) is 0. The third kappa shape index (κ3) is 8.09. The maximum Gasteiger partial charge on any atom is 0.360 e. The summed E-state index contributed by atoms with van der Waals surface area (Å²) in [5.74, 6) is 0. The Morgan fingerprint density at radius 3 is 2.08 bits per heavy atom. The van der Waals surface area contributed by atoms with Crippen LogP contribution in [0.3, 0.4) is 0 Å². The molecule has 0 aliphatic carbocycles. The molecule has 0 spiro atoms. The van der Waals surface area contributed by atoms with Gasteiger partial charge >= 0.3 is 17.8 Å². The summed E-state index contributed by atoms with van der Waals surface area (Å²) < 4.78 is 16.7. The van der Waals surface area contributed by atoms with Crippen molar-refractivity contribution in [1.29, 1.82) is 0 Å². The minimum absolute atomic E-state index is 0. The first-order valence-electron chi connectivity index (χ1n) is 3.72. The molecule has 0 aromatic heterocycles. The van der Waals surface area contributed by atoms with Gasteiger partial charge in [0.2, 0.25) is 19.5 Å². The van der Waals surface area contributed by atoms with Crippen molar-refractivity contribution in [1.82, 2.24) is 0 Å². The van der Waals surface area contributed by atoms with Crippen molar-refractivity contribution in [2.75, 3.05) is 0 Å². The van der Waals surface area contributed by atoms with E-state index >= 15 is 0 Å². The average molecular weight is 503 g/mol. The zero-order chi connectivity index (χ0) is 9.61. The van der Waals surface area contributed by atoms with Crippen LogP contribution in [0, 0.1) is 0 Å². The monoisotopic (exact) mass is 502 g/mol. The van der Waals surface area contributed by atoms with Gasteiger partial charge in [-0.2, -0.15) is 0 Å². The molecule has 0 heterocycles. The molecule has 0 aromatic rings. The van der Waals surface area contributed by atoms with Crippen LogP contribution in [0.25, 0.3) is 0 Å². The minimum Gasteiger partial charge on any atom is -0.437 e. The Labute approximate surface area is 82.8 Å². The molecule has 0 fully saturated rings. The van der Waals surface area contributed by atoms with Crippen molar-refractivity contribution in [2.24, 2.45) is 0 Å². The van der Waals surface area contributed by atoms with Gasteiger partial charge in [-0.05, 0) is 32.7 Å². The Balaban J connectivity index is 0. The van der Waals surface area contributed by atoms with Gasteiger partial charge in [-0.15, -0.1) is 0 Å². The van der Waals surface area contributed by atoms with Crippen molar-refractivity contribution < 1.29 is 12.3 Å². The van der Waals surface area contributed by atoms with Crippen molar-refractivity contribution in [3.05, 3.63) is 0 Å². The molecule has 0 rings (SSSR count). The van der Waals surface area contributed by atoms with Gasteiger partial charge < -0.3 is 12.3 Å². The van der Waals surface area contributed by atoms with E-state index in [0.29, 0.717) is 19.5 Å². The molecule has 0 saturated carbocycles. The first kappa shape index (κ1) is 15.2. The van der Waals surface area contributed by atoms with Crippen molar-refractivity contribution in [3.8, 4) is 0 Å². The Kier molecular flexibility index (Phi) is 8.41. The molecule has 0 saturated heterocycles. The summed E-state index contributed by atoms with van der Waals surface area (Å²) in [5.41, 5.74) is 0. The fourth-order valence-corrected chi connectivity index (χ4v) is 7.75. The summed E-state index contributed by atoms with van der Waals surface area (Å²) in [6.07, 6.45) is 0. The zero-order valence-corrected chi connectivity index (χ0v) is 19.3. The maximum absolute atomic E-state index is 5.73. The van der Waals surface area contributed by atoms with Crippen LogP contribution in [0.2, 0.25) is 32.7 Å². The first-order valence-corrected chi connectivity index (χ1v) is 11.2. The van der Waals surface area contributed by atoms with E-state index in [1.54, 1.807) is 0 Å². The van der Waals surface area contributed by atoms with Crippen molar-refractivity contribution in [3.63, 3.8) is 0 Å². The fraction of sp³-hybridized carbons (Fsp3) is 1.00. The largest absolute Gasteiger partial charge is 0.437 e. The summed E-state index contributed by atoms with van der Waals surface area (Å²) in [6.45, 7) is 10.1. The second-order valence-electron chi connectivity index (χ2n) is 2.61. The van der Waals surface area contributed by atoms with Gasteiger partial charge in [0.15, 0.2) is 0 Å². The molecule has 3 nitrogen and oxygen atoms in total. The van der Waals surface area contributed by atoms with Gasteiger partial charge in [0, 0.05) is 0 Å². The van der Waals surface area contributed by atoms with Crippen LogP contribution in [0.1, 0.15) is 0 Å². The Morgan fingerprint density at radius 1 is 1.15 bits per heavy atom. The molecule has 13 heavy (non-hydrogen) atoms. The van der Waals surface area contributed by atoms with Crippen LogP contribution in [-0.2, 0) is 12.3 Å². The predicted octanol–water partition coefficient (Wildman–Crippen LogP) is 1.19. The Hall–Kier alpha value is -0.252. The van der Waals surface area contributed by atoms with E-state index in [2.05, 4.69) is 13.1 Å². The molecular weight excluding hydrogens is 487 g/mol. The van der Waals surface area contributed by atoms with Gasteiger partial charge in [0.1, 0.15) is 0 Å². The normalized spacial score (nSPS) is 11.5. The predicted molar refractivity (Wildman–Crippen MR) is 55.6 cm³/mol. The van der Waals surface area contributed by atoms with Gasteiger partial charge in [-0.1, -0.05) is 0 Å². The van der Waals surface area contributed by atoms with Crippen LogP contribution in [0.15, 0.2) is 0 Å². The molecule has 0 amide bonds. The van der Waals surface area contributed by atoms with E-state index in [-0.39, 0.29) is 0 Å². The molecule has 0 N–H and O–H groups in total. The smallest absolute Gasteiger partial charge is 0.360 e. The quantitative estimate of drug-likeness (QED) is 0.511. The first-order chi connectivity index (χ1) is 5.52. The second kappa shape index (κ2) is 7.18. The molecule has 0 unspecified atom stereocenters. The van der Waals surface area contributed by atoms with E-state index in [0.717, 1.165) is 0 Å². The van der Waals surface area contributed by atoms with Crippen LogP contribution in [0.4, 0.5) is 0 Å². The third-order valence-electron chi connectivity index (χ3n) is 0.983. The molecular formula is C5H15O3RfSi4. The molecule has 0 atom stereocenters. The van der Waals surface area contributed by atoms with Gasteiger partial charge in [-0.25, -0.2) is 0 Å². The van der Waals surface area contributed by atoms with Crippen LogP contribution in [0.5, 0.6) is 0 Å². The van der Waals surface area contributed by atoms with Gasteiger partial charge in [0.25, 0.3) is 0 Å². The topological polar surface area (TPSA) is 27.7 Å². The third-order valence-corrected chi connectivity index (χ3v) is 8.85. The van der Waals surface area contributed by atoms with Crippen molar-refractivity contribution >= 4 is 37.4 Å². The number of rotatable bonds is 6. The van der Waals surface area contributed by atoms with Crippen LogP contribution < -0.4 is 0 Å². The molecule has 0 aliphatic rings. The standard InChI is InChI=1S/C5H15O3Si4.Rf/c1-9-6-11(3)8-12(4,5)7-10-2;/h1-5H3;. The minimum atomic E-state index is -1.87. The molecule has 5 radical (unpaired) electrons. The second-order valence-corrected chi connectivity index (χ2v) is 9.65. The molecule has 0 aliphatic heterocycles. The maximum atomic E-state index is 5.73.